The minimum atomic E-state index is -0.348. The first-order valence-electron chi connectivity index (χ1n) is 5.40. The van der Waals surface area contributed by atoms with Crippen molar-refractivity contribution in [3.05, 3.63) is 62.5 Å². The highest BCUT2D eigenvalue weighted by molar-refractivity contribution is 9.10. The number of aromatic nitrogens is 1. The van der Waals surface area contributed by atoms with Crippen LogP contribution >= 0.6 is 31.9 Å². The van der Waals surface area contributed by atoms with Gasteiger partial charge < -0.3 is 5.32 Å². The summed E-state index contributed by atoms with van der Waals surface area (Å²) in [5, 5.41) is 2.66. The number of hydrogen-bond donors (Lipinski definition) is 1. The Labute approximate surface area is 126 Å². The van der Waals surface area contributed by atoms with Gasteiger partial charge >= 0.3 is 0 Å². The van der Waals surface area contributed by atoms with Crippen LogP contribution in [0.4, 0.5) is 4.39 Å². The molecular formula is C13H9Br2FN2O. The van der Waals surface area contributed by atoms with Gasteiger partial charge in [0.2, 0.25) is 0 Å². The number of nitrogens with zero attached hydrogens (tertiary/aromatic N) is 1. The zero-order valence-corrected chi connectivity index (χ0v) is 12.8. The van der Waals surface area contributed by atoms with Gasteiger partial charge in [-0.05, 0) is 46.3 Å². The lowest BCUT2D eigenvalue weighted by atomic mass is 10.2. The third kappa shape index (κ3) is 3.84. The summed E-state index contributed by atoms with van der Waals surface area (Å²) in [6.45, 7) is 0.129. The van der Waals surface area contributed by atoms with Crippen LogP contribution in [0.2, 0.25) is 0 Å². The Morgan fingerprint density at radius 1 is 1.26 bits per heavy atom. The lowest BCUT2D eigenvalue weighted by molar-refractivity contribution is 0.0950. The summed E-state index contributed by atoms with van der Waals surface area (Å²) in [7, 11) is 0. The van der Waals surface area contributed by atoms with E-state index in [4.69, 9.17) is 0 Å². The van der Waals surface area contributed by atoms with Crippen molar-refractivity contribution in [3.8, 4) is 0 Å². The Bertz CT molecular complexity index is 619. The van der Waals surface area contributed by atoms with Gasteiger partial charge in [0.05, 0.1) is 0 Å². The fourth-order valence-electron chi connectivity index (χ4n) is 1.50. The van der Waals surface area contributed by atoms with E-state index in [0.717, 1.165) is 4.47 Å². The zero-order valence-electron chi connectivity index (χ0n) is 9.66. The van der Waals surface area contributed by atoms with E-state index in [1.165, 1.54) is 12.3 Å². The second kappa shape index (κ2) is 6.25. The number of hydrogen-bond acceptors (Lipinski definition) is 2. The second-order valence-electron chi connectivity index (χ2n) is 3.79. The molecule has 2 aromatic rings. The quantitative estimate of drug-likeness (QED) is 0.816. The van der Waals surface area contributed by atoms with Crippen LogP contribution in [-0.2, 0) is 6.54 Å². The third-order valence-electron chi connectivity index (χ3n) is 2.44. The van der Waals surface area contributed by atoms with Crippen LogP contribution in [0.15, 0.2) is 45.6 Å². The van der Waals surface area contributed by atoms with Crippen LogP contribution in [0, 0.1) is 5.82 Å². The molecule has 1 aromatic carbocycles. The van der Waals surface area contributed by atoms with E-state index in [2.05, 4.69) is 42.2 Å². The van der Waals surface area contributed by atoms with E-state index in [1.54, 1.807) is 24.3 Å². The van der Waals surface area contributed by atoms with Crippen LogP contribution in [0.5, 0.6) is 0 Å². The molecule has 1 N–H and O–H groups in total. The van der Waals surface area contributed by atoms with Crippen LogP contribution in [0.25, 0.3) is 0 Å². The lowest BCUT2D eigenvalue weighted by Crippen LogP contribution is -2.23. The molecule has 1 heterocycles. The summed E-state index contributed by atoms with van der Waals surface area (Å²) < 4.78 is 14.8. The minimum Gasteiger partial charge on any atom is -0.348 e. The third-order valence-corrected chi connectivity index (χ3v) is 3.36. The summed E-state index contributed by atoms with van der Waals surface area (Å²) in [5.74, 6) is -0.623. The van der Waals surface area contributed by atoms with Crippen molar-refractivity contribution in [2.45, 2.75) is 6.54 Å². The number of benzene rings is 1. The smallest absolute Gasteiger partial charge is 0.251 e. The number of rotatable bonds is 3. The van der Waals surface area contributed by atoms with E-state index in [1.807, 2.05) is 0 Å². The standard InChI is InChI=1S/C13H9Br2FN2O/c14-10-1-2-11(16)9(5-10)7-18-13(19)8-3-4-17-12(15)6-8/h1-6H,7H2,(H,18,19). The maximum absolute atomic E-state index is 13.5. The molecule has 1 amide bonds. The maximum Gasteiger partial charge on any atom is 0.251 e. The van der Waals surface area contributed by atoms with Crippen molar-refractivity contribution in [2.75, 3.05) is 0 Å². The summed E-state index contributed by atoms with van der Waals surface area (Å²) >= 11 is 6.45. The molecule has 3 nitrogen and oxygen atoms in total. The normalized spacial score (nSPS) is 10.3. The summed E-state index contributed by atoms with van der Waals surface area (Å²) in [4.78, 5) is 15.8. The van der Waals surface area contributed by atoms with E-state index in [9.17, 15) is 9.18 Å². The van der Waals surface area contributed by atoms with Crippen molar-refractivity contribution >= 4 is 37.8 Å². The van der Waals surface area contributed by atoms with Gasteiger partial charge in [-0.2, -0.15) is 0 Å². The zero-order chi connectivity index (χ0) is 13.8. The Kier molecular flexibility index (Phi) is 4.66. The average molecular weight is 388 g/mol. The van der Waals surface area contributed by atoms with Gasteiger partial charge in [-0.15, -0.1) is 0 Å². The fourth-order valence-corrected chi connectivity index (χ4v) is 2.27. The second-order valence-corrected chi connectivity index (χ2v) is 5.51. The molecule has 0 bridgehead atoms. The minimum absolute atomic E-state index is 0.129. The average Bonchev–Trinajstić information content (AvgIpc) is 2.39. The van der Waals surface area contributed by atoms with Crippen molar-refractivity contribution in [3.63, 3.8) is 0 Å². The highest BCUT2D eigenvalue weighted by atomic mass is 79.9. The molecule has 1 aromatic heterocycles. The molecule has 0 spiro atoms. The first-order chi connectivity index (χ1) is 9.06. The molecule has 19 heavy (non-hydrogen) atoms. The SMILES string of the molecule is O=C(NCc1cc(Br)ccc1F)c1ccnc(Br)c1. The van der Waals surface area contributed by atoms with Crippen molar-refractivity contribution < 1.29 is 9.18 Å². The van der Waals surface area contributed by atoms with Gasteiger partial charge in [0, 0.05) is 28.3 Å². The summed E-state index contributed by atoms with van der Waals surface area (Å²) in [5.41, 5.74) is 0.896. The van der Waals surface area contributed by atoms with E-state index >= 15 is 0 Å². The molecule has 98 valence electrons. The molecule has 0 saturated heterocycles. The molecule has 6 heteroatoms. The van der Waals surface area contributed by atoms with Crippen LogP contribution in [0.3, 0.4) is 0 Å². The number of amides is 1. The molecule has 0 unspecified atom stereocenters. The van der Waals surface area contributed by atoms with Crippen LogP contribution < -0.4 is 5.32 Å². The van der Waals surface area contributed by atoms with E-state index in [-0.39, 0.29) is 18.3 Å². The Hall–Kier alpha value is -1.27. The first kappa shape index (κ1) is 14.1. The molecule has 0 aliphatic carbocycles. The molecule has 2 rings (SSSR count). The highest BCUT2D eigenvalue weighted by Gasteiger charge is 2.08. The molecule has 0 saturated carbocycles. The predicted octanol–water partition coefficient (Wildman–Crippen LogP) is 3.68. The molecular weight excluding hydrogens is 379 g/mol. The van der Waals surface area contributed by atoms with Gasteiger partial charge in [0.25, 0.3) is 5.91 Å². The van der Waals surface area contributed by atoms with Gasteiger partial charge in [0.1, 0.15) is 10.4 Å². The van der Waals surface area contributed by atoms with Crippen molar-refractivity contribution in [2.24, 2.45) is 0 Å². The number of nitrogens with one attached hydrogen (secondary N) is 1. The van der Waals surface area contributed by atoms with Crippen LogP contribution in [-0.4, -0.2) is 10.9 Å². The first-order valence-corrected chi connectivity index (χ1v) is 6.98. The molecule has 0 fully saturated rings. The predicted molar refractivity (Wildman–Crippen MR) is 77.2 cm³/mol. The van der Waals surface area contributed by atoms with E-state index in [0.29, 0.717) is 15.7 Å². The number of carbonyl (C=O) groups is 1. The maximum atomic E-state index is 13.5. The van der Waals surface area contributed by atoms with Gasteiger partial charge in [-0.3, -0.25) is 4.79 Å². The van der Waals surface area contributed by atoms with Crippen molar-refractivity contribution in [1.82, 2.24) is 10.3 Å². The van der Waals surface area contributed by atoms with Gasteiger partial charge in [0.15, 0.2) is 0 Å². The Morgan fingerprint density at radius 3 is 2.79 bits per heavy atom. The van der Waals surface area contributed by atoms with Crippen LogP contribution in [0.1, 0.15) is 15.9 Å². The topological polar surface area (TPSA) is 42.0 Å². The highest BCUT2D eigenvalue weighted by Crippen LogP contribution is 2.15. The van der Waals surface area contributed by atoms with Gasteiger partial charge in [-0.25, -0.2) is 9.37 Å². The van der Waals surface area contributed by atoms with E-state index < -0.39 is 0 Å². The number of pyridine rings is 1. The Balaban J connectivity index is 2.06. The van der Waals surface area contributed by atoms with Crippen molar-refractivity contribution in [1.29, 1.82) is 0 Å². The monoisotopic (exact) mass is 386 g/mol. The molecule has 0 aliphatic rings. The number of carbonyl (C=O) groups excluding carboxylic acids is 1. The lowest BCUT2D eigenvalue weighted by Gasteiger charge is -2.07. The molecule has 0 radical (unpaired) electrons. The Morgan fingerprint density at radius 2 is 2.05 bits per heavy atom. The molecule has 0 aliphatic heterocycles. The van der Waals surface area contributed by atoms with Gasteiger partial charge in [-0.1, -0.05) is 15.9 Å². The summed E-state index contributed by atoms with van der Waals surface area (Å²) in [6, 6.07) is 7.80. The summed E-state index contributed by atoms with van der Waals surface area (Å²) in [6.07, 6.45) is 1.53. The number of halogens is 3. The molecule has 0 atom stereocenters. The largest absolute Gasteiger partial charge is 0.348 e. The fraction of sp³-hybridized carbons (Fsp3) is 0.0769.